The fraction of sp³-hybridized carbons (Fsp3) is 0.556. The molecule has 194 valence electrons. The number of benzene rings is 2. The van der Waals surface area contributed by atoms with Crippen LogP contribution in [0, 0.1) is 0 Å². The SMILES string of the molecule is COCCOCCOCCOC1(OCCOCCOCCOC)c2ccccc2-c2ccccc21. The Hall–Kier alpha value is -1.88. The Bertz CT molecular complexity index is 774. The van der Waals surface area contributed by atoms with E-state index in [2.05, 4.69) is 24.3 Å². The number of hydrogen-bond donors (Lipinski definition) is 0. The Morgan fingerprint density at radius 1 is 0.457 bits per heavy atom. The first kappa shape index (κ1) is 27.7. The third-order valence-electron chi connectivity index (χ3n) is 5.53. The third kappa shape index (κ3) is 8.06. The van der Waals surface area contributed by atoms with Crippen LogP contribution in [0.25, 0.3) is 11.1 Å². The summed E-state index contributed by atoms with van der Waals surface area (Å²) in [6.45, 7) is 5.89. The maximum atomic E-state index is 6.46. The van der Waals surface area contributed by atoms with Crippen LogP contribution in [0.4, 0.5) is 0 Å². The molecule has 0 atom stereocenters. The molecule has 0 spiro atoms. The minimum atomic E-state index is -1.01. The summed E-state index contributed by atoms with van der Waals surface area (Å²) >= 11 is 0. The van der Waals surface area contributed by atoms with Crippen molar-refractivity contribution in [3.05, 3.63) is 59.7 Å². The topological polar surface area (TPSA) is 73.8 Å². The van der Waals surface area contributed by atoms with Crippen LogP contribution in [-0.2, 0) is 43.7 Å². The minimum absolute atomic E-state index is 0.370. The molecule has 1 aliphatic rings. The van der Waals surface area contributed by atoms with Crippen molar-refractivity contribution in [3.8, 4) is 11.1 Å². The molecule has 2 aromatic carbocycles. The lowest BCUT2D eigenvalue weighted by atomic mass is 10.0. The fourth-order valence-corrected chi connectivity index (χ4v) is 3.92. The van der Waals surface area contributed by atoms with E-state index in [0.717, 1.165) is 22.3 Å². The lowest BCUT2D eigenvalue weighted by Crippen LogP contribution is -2.35. The zero-order chi connectivity index (χ0) is 24.6. The van der Waals surface area contributed by atoms with Crippen LogP contribution in [0.5, 0.6) is 0 Å². The Balaban J connectivity index is 1.55. The molecule has 1 aliphatic carbocycles. The number of rotatable bonds is 20. The van der Waals surface area contributed by atoms with E-state index >= 15 is 0 Å². The second-order valence-corrected chi connectivity index (χ2v) is 7.84. The van der Waals surface area contributed by atoms with Gasteiger partial charge in [-0.2, -0.15) is 0 Å². The summed E-state index contributed by atoms with van der Waals surface area (Å²) in [6.07, 6.45) is 0. The monoisotopic (exact) mass is 490 g/mol. The van der Waals surface area contributed by atoms with E-state index < -0.39 is 5.79 Å². The van der Waals surface area contributed by atoms with Crippen LogP contribution in [-0.4, -0.2) is 93.5 Å². The van der Waals surface area contributed by atoms with Crippen molar-refractivity contribution in [3.63, 3.8) is 0 Å². The molecule has 0 N–H and O–H groups in total. The zero-order valence-corrected chi connectivity index (χ0v) is 20.9. The highest BCUT2D eigenvalue weighted by Gasteiger charge is 2.45. The Morgan fingerprint density at radius 3 is 1.20 bits per heavy atom. The van der Waals surface area contributed by atoms with Crippen LogP contribution in [0.1, 0.15) is 11.1 Å². The second kappa shape index (κ2) is 16.0. The molecule has 0 amide bonds. The molecule has 0 radical (unpaired) electrons. The van der Waals surface area contributed by atoms with E-state index in [9.17, 15) is 0 Å². The molecule has 0 heterocycles. The lowest BCUT2D eigenvalue weighted by molar-refractivity contribution is -0.226. The number of ether oxygens (including phenoxy) is 8. The molecular weight excluding hydrogens is 452 g/mol. The van der Waals surface area contributed by atoms with E-state index in [4.69, 9.17) is 37.9 Å². The van der Waals surface area contributed by atoms with Crippen LogP contribution in [0.2, 0.25) is 0 Å². The summed E-state index contributed by atoms with van der Waals surface area (Å²) in [4.78, 5) is 0. The third-order valence-corrected chi connectivity index (χ3v) is 5.53. The van der Waals surface area contributed by atoms with Crippen molar-refractivity contribution in [2.75, 3.05) is 93.5 Å². The van der Waals surface area contributed by atoms with Gasteiger partial charge in [-0.3, -0.25) is 0 Å². The molecule has 0 unspecified atom stereocenters. The molecule has 8 nitrogen and oxygen atoms in total. The quantitative estimate of drug-likeness (QED) is 0.207. The van der Waals surface area contributed by atoms with Crippen molar-refractivity contribution in [1.82, 2.24) is 0 Å². The summed E-state index contributed by atoms with van der Waals surface area (Å²) in [7, 11) is 3.30. The van der Waals surface area contributed by atoms with Gasteiger partial charge in [0, 0.05) is 25.3 Å². The van der Waals surface area contributed by atoms with Gasteiger partial charge in [0.15, 0.2) is 0 Å². The second-order valence-electron chi connectivity index (χ2n) is 7.84. The van der Waals surface area contributed by atoms with Gasteiger partial charge in [-0.1, -0.05) is 48.5 Å². The highest BCUT2D eigenvalue weighted by atomic mass is 16.7. The Kier molecular flexibility index (Phi) is 12.6. The molecular formula is C27H38O8. The maximum absolute atomic E-state index is 6.46. The Labute approximate surface area is 208 Å². The average molecular weight is 491 g/mol. The largest absolute Gasteiger partial charge is 0.382 e. The minimum Gasteiger partial charge on any atom is -0.382 e. The normalized spacial score (nSPS) is 13.7. The standard InChI is InChI=1S/C27H38O8/c1-28-11-13-30-15-17-32-19-21-34-27(35-22-20-33-18-16-31-14-12-29-2)25-9-5-3-7-23(25)24-8-4-6-10-26(24)27/h3-10H,11-22H2,1-2H3. The first-order valence-electron chi connectivity index (χ1n) is 12.1. The van der Waals surface area contributed by atoms with E-state index in [-0.39, 0.29) is 0 Å². The number of methoxy groups -OCH3 is 2. The highest BCUT2D eigenvalue weighted by Crippen LogP contribution is 2.50. The van der Waals surface area contributed by atoms with Crippen LogP contribution in [0.15, 0.2) is 48.5 Å². The predicted molar refractivity (Wildman–Crippen MR) is 132 cm³/mol. The van der Waals surface area contributed by atoms with Gasteiger partial charge >= 0.3 is 0 Å². The fourth-order valence-electron chi connectivity index (χ4n) is 3.92. The van der Waals surface area contributed by atoms with Crippen LogP contribution in [0.3, 0.4) is 0 Å². The lowest BCUT2D eigenvalue weighted by Gasteiger charge is -2.32. The van der Waals surface area contributed by atoms with E-state index in [0.29, 0.717) is 79.3 Å². The van der Waals surface area contributed by atoms with Gasteiger partial charge in [0.05, 0.1) is 79.3 Å². The molecule has 0 aromatic heterocycles. The van der Waals surface area contributed by atoms with Gasteiger partial charge in [0.2, 0.25) is 5.79 Å². The van der Waals surface area contributed by atoms with E-state index in [1.165, 1.54) is 0 Å². The van der Waals surface area contributed by atoms with Crippen LogP contribution < -0.4 is 0 Å². The van der Waals surface area contributed by atoms with Gasteiger partial charge in [-0.25, -0.2) is 0 Å². The van der Waals surface area contributed by atoms with Crippen molar-refractivity contribution >= 4 is 0 Å². The van der Waals surface area contributed by atoms with Crippen LogP contribution >= 0.6 is 0 Å². The number of hydrogen-bond acceptors (Lipinski definition) is 8. The van der Waals surface area contributed by atoms with Crippen molar-refractivity contribution in [2.45, 2.75) is 5.79 Å². The molecule has 2 aromatic rings. The molecule has 0 saturated carbocycles. The summed E-state index contributed by atoms with van der Waals surface area (Å²) in [5, 5.41) is 0. The summed E-state index contributed by atoms with van der Waals surface area (Å²) in [5.41, 5.74) is 4.21. The summed E-state index contributed by atoms with van der Waals surface area (Å²) in [6, 6.07) is 16.4. The van der Waals surface area contributed by atoms with Gasteiger partial charge in [0.25, 0.3) is 0 Å². The molecule has 8 heteroatoms. The van der Waals surface area contributed by atoms with Crippen molar-refractivity contribution in [2.24, 2.45) is 0 Å². The predicted octanol–water partition coefficient (Wildman–Crippen LogP) is 3.26. The average Bonchev–Trinajstić information content (AvgIpc) is 3.17. The molecule has 3 rings (SSSR count). The highest BCUT2D eigenvalue weighted by molar-refractivity contribution is 5.79. The zero-order valence-electron chi connectivity index (χ0n) is 20.9. The van der Waals surface area contributed by atoms with E-state index in [1.54, 1.807) is 14.2 Å². The van der Waals surface area contributed by atoms with E-state index in [1.807, 2.05) is 24.3 Å². The Morgan fingerprint density at radius 2 is 0.800 bits per heavy atom. The summed E-state index contributed by atoms with van der Waals surface area (Å²) < 4.78 is 45.1. The van der Waals surface area contributed by atoms with Crippen molar-refractivity contribution in [1.29, 1.82) is 0 Å². The smallest absolute Gasteiger partial charge is 0.223 e. The first-order chi connectivity index (χ1) is 17.3. The molecule has 0 aliphatic heterocycles. The van der Waals surface area contributed by atoms with Gasteiger partial charge in [-0.15, -0.1) is 0 Å². The van der Waals surface area contributed by atoms with Gasteiger partial charge in [-0.05, 0) is 11.1 Å². The summed E-state index contributed by atoms with van der Waals surface area (Å²) in [5.74, 6) is -1.01. The molecule has 0 saturated heterocycles. The van der Waals surface area contributed by atoms with Gasteiger partial charge in [0.1, 0.15) is 0 Å². The molecule has 35 heavy (non-hydrogen) atoms. The molecule has 0 bridgehead atoms. The first-order valence-corrected chi connectivity index (χ1v) is 12.1. The maximum Gasteiger partial charge on any atom is 0.223 e. The van der Waals surface area contributed by atoms with Crippen molar-refractivity contribution < 1.29 is 37.9 Å². The number of fused-ring (bicyclic) bond motifs is 3. The molecule has 0 fully saturated rings. The van der Waals surface area contributed by atoms with Gasteiger partial charge < -0.3 is 37.9 Å².